The number of nitrogens with one attached hydrogen (secondary N) is 1. The Hall–Kier alpha value is -2.41. The van der Waals surface area contributed by atoms with Gasteiger partial charge in [-0.05, 0) is 43.7 Å². The Bertz CT molecular complexity index is 765. The highest BCUT2D eigenvalue weighted by Crippen LogP contribution is 2.17. The predicted molar refractivity (Wildman–Crippen MR) is 114 cm³/mol. The molecule has 3 amide bonds. The Kier molecular flexibility index (Phi) is 7.48. The quantitative estimate of drug-likeness (QED) is 0.771. The molecule has 0 bridgehead atoms. The molecule has 7 nitrogen and oxygen atoms in total. The molecule has 2 unspecified atom stereocenters. The summed E-state index contributed by atoms with van der Waals surface area (Å²) in [4.78, 5) is 42.1. The molecule has 1 aromatic rings. The van der Waals surface area contributed by atoms with Crippen LogP contribution in [0.25, 0.3) is 0 Å². The maximum absolute atomic E-state index is 13.2. The van der Waals surface area contributed by atoms with Gasteiger partial charge in [0, 0.05) is 38.3 Å². The van der Waals surface area contributed by atoms with Crippen LogP contribution in [-0.2, 0) is 14.3 Å². The third kappa shape index (κ3) is 5.39. The summed E-state index contributed by atoms with van der Waals surface area (Å²) >= 11 is 0. The number of benzene rings is 1. The zero-order chi connectivity index (χ0) is 21.7. The molecule has 30 heavy (non-hydrogen) atoms. The minimum absolute atomic E-state index is 0.0335. The standard InChI is InChI=1S/C23H33N3O4/c1-16(2)15-19(24-21(27)18-8-5-4-7-17(18)3)22(28)25-10-12-26(13-11-25)23(29)20-9-6-14-30-20/h4-5,7-8,16,19-20H,6,9-15H2,1-3H3,(H,24,27). The lowest BCUT2D eigenvalue weighted by Gasteiger charge is -2.37. The largest absolute Gasteiger partial charge is 0.368 e. The molecule has 3 rings (SSSR count). The van der Waals surface area contributed by atoms with Crippen LogP contribution in [0.1, 0.15) is 49.0 Å². The van der Waals surface area contributed by atoms with Gasteiger partial charge in [0.15, 0.2) is 0 Å². The van der Waals surface area contributed by atoms with Crippen molar-refractivity contribution in [2.45, 2.75) is 52.2 Å². The van der Waals surface area contributed by atoms with E-state index in [4.69, 9.17) is 4.74 Å². The summed E-state index contributed by atoms with van der Waals surface area (Å²) in [6, 6.07) is 6.80. The fraction of sp³-hybridized carbons (Fsp3) is 0.609. The van der Waals surface area contributed by atoms with Gasteiger partial charge < -0.3 is 19.9 Å². The molecule has 2 aliphatic rings. The van der Waals surface area contributed by atoms with Gasteiger partial charge in [0.05, 0.1) is 0 Å². The average molecular weight is 416 g/mol. The molecule has 164 valence electrons. The first-order valence-corrected chi connectivity index (χ1v) is 10.9. The summed E-state index contributed by atoms with van der Waals surface area (Å²) in [5.74, 6) is -0.00108. The van der Waals surface area contributed by atoms with Crippen LogP contribution < -0.4 is 5.32 Å². The lowest BCUT2D eigenvalue weighted by atomic mass is 10.0. The van der Waals surface area contributed by atoms with Gasteiger partial charge in [-0.15, -0.1) is 0 Å². The number of aryl methyl sites for hydroxylation is 1. The Morgan fingerprint density at radius 3 is 2.37 bits per heavy atom. The summed E-state index contributed by atoms with van der Waals surface area (Å²) in [6.45, 7) is 8.58. The molecule has 1 N–H and O–H groups in total. The molecular weight excluding hydrogens is 382 g/mol. The van der Waals surface area contributed by atoms with Gasteiger partial charge in [0.1, 0.15) is 12.1 Å². The Labute approximate surface area is 178 Å². The van der Waals surface area contributed by atoms with E-state index < -0.39 is 6.04 Å². The summed E-state index contributed by atoms with van der Waals surface area (Å²) < 4.78 is 5.50. The van der Waals surface area contributed by atoms with Crippen molar-refractivity contribution in [1.82, 2.24) is 15.1 Å². The van der Waals surface area contributed by atoms with E-state index in [9.17, 15) is 14.4 Å². The SMILES string of the molecule is Cc1ccccc1C(=O)NC(CC(C)C)C(=O)N1CCN(C(=O)C2CCCO2)CC1. The monoisotopic (exact) mass is 415 g/mol. The molecule has 2 aliphatic heterocycles. The number of piperazine rings is 1. The fourth-order valence-electron chi connectivity index (χ4n) is 4.10. The third-order valence-electron chi connectivity index (χ3n) is 5.81. The van der Waals surface area contributed by atoms with Crippen molar-refractivity contribution in [2.24, 2.45) is 5.92 Å². The smallest absolute Gasteiger partial charge is 0.252 e. The van der Waals surface area contributed by atoms with Crippen LogP contribution in [-0.4, -0.2) is 72.5 Å². The number of carbonyl (C=O) groups is 3. The van der Waals surface area contributed by atoms with Gasteiger partial charge in [-0.2, -0.15) is 0 Å². The number of hydrogen-bond acceptors (Lipinski definition) is 4. The number of nitrogens with zero attached hydrogens (tertiary/aromatic N) is 2. The van der Waals surface area contributed by atoms with E-state index in [-0.39, 0.29) is 29.7 Å². The summed E-state index contributed by atoms with van der Waals surface area (Å²) in [5, 5.41) is 2.95. The van der Waals surface area contributed by atoms with E-state index in [0.717, 1.165) is 18.4 Å². The van der Waals surface area contributed by atoms with E-state index in [2.05, 4.69) is 5.32 Å². The molecule has 0 saturated carbocycles. The van der Waals surface area contributed by atoms with Crippen LogP contribution >= 0.6 is 0 Å². The average Bonchev–Trinajstić information content (AvgIpc) is 3.27. The van der Waals surface area contributed by atoms with Crippen LogP contribution in [0.2, 0.25) is 0 Å². The molecule has 7 heteroatoms. The molecule has 0 aromatic heterocycles. The van der Waals surface area contributed by atoms with Crippen LogP contribution in [0, 0.1) is 12.8 Å². The van der Waals surface area contributed by atoms with Gasteiger partial charge in [-0.25, -0.2) is 0 Å². The zero-order valence-corrected chi connectivity index (χ0v) is 18.2. The first-order valence-electron chi connectivity index (χ1n) is 10.9. The second kappa shape index (κ2) is 10.1. The van der Waals surface area contributed by atoms with E-state index in [1.165, 1.54) is 0 Å². The maximum Gasteiger partial charge on any atom is 0.252 e. The molecule has 0 aliphatic carbocycles. The van der Waals surface area contributed by atoms with Gasteiger partial charge >= 0.3 is 0 Å². The van der Waals surface area contributed by atoms with Crippen molar-refractivity contribution in [1.29, 1.82) is 0 Å². The zero-order valence-electron chi connectivity index (χ0n) is 18.2. The minimum atomic E-state index is -0.572. The molecule has 2 heterocycles. The number of carbonyl (C=O) groups excluding carboxylic acids is 3. The van der Waals surface area contributed by atoms with Crippen molar-refractivity contribution < 1.29 is 19.1 Å². The number of amides is 3. The second-order valence-corrected chi connectivity index (χ2v) is 8.62. The van der Waals surface area contributed by atoms with Crippen LogP contribution in [0.4, 0.5) is 0 Å². The Balaban J connectivity index is 1.60. The Morgan fingerprint density at radius 1 is 1.10 bits per heavy atom. The van der Waals surface area contributed by atoms with Crippen LogP contribution in [0.3, 0.4) is 0 Å². The predicted octanol–water partition coefficient (Wildman–Crippen LogP) is 1.99. The van der Waals surface area contributed by atoms with Crippen molar-refractivity contribution in [3.63, 3.8) is 0 Å². The molecule has 2 saturated heterocycles. The van der Waals surface area contributed by atoms with Crippen LogP contribution in [0.5, 0.6) is 0 Å². The minimum Gasteiger partial charge on any atom is -0.368 e. The second-order valence-electron chi connectivity index (χ2n) is 8.62. The van der Waals surface area contributed by atoms with E-state index in [0.29, 0.717) is 44.8 Å². The van der Waals surface area contributed by atoms with Gasteiger partial charge in [0.25, 0.3) is 11.8 Å². The Morgan fingerprint density at radius 2 is 1.77 bits per heavy atom. The lowest BCUT2D eigenvalue weighted by molar-refractivity contribution is -0.146. The number of hydrogen-bond donors (Lipinski definition) is 1. The van der Waals surface area contributed by atoms with E-state index >= 15 is 0 Å². The van der Waals surface area contributed by atoms with Crippen molar-refractivity contribution >= 4 is 17.7 Å². The third-order valence-corrected chi connectivity index (χ3v) is 5.81. The molecule has 1 aromatic carbocycles. The van der Waals surface area contributed by atoms with Crippen molar-refractivity contribution in [2.75, 3.05) is 32.8 Å². The van der Waals surface area contributed by atoms with Gasteiger partial charge in [-0.1, -0.05) is 32.0 Å². The number of rotatable bonds is 6. The first kappa shape index (κ1) is 22.3. The van der Waals surface area contributed by atoms with Crippen molar-refractivity contribution in [3.05, 3.63) is 35.4 Å². The molecule has 2 fully saturated rings. The summed E-state index contributed by atoms with van der Waals surface area (Å²) in [7, 11) is 0. The fourth-order valence-corrected chi connectivity index (χ4v) is 4.10. The van der Waals surface area contributed by atoms with Crippen molar-refractivity contribution in [3.8, 4) is 0 Å². The highest BCUT2D eigenvalue weighted by molar-refractivity contribution is 5.98. The maximum atomic E-state index is 13.2. The van der Waals surface area contributed by atoms with Crippen LogP contribution in [0.15, 0.2) is 24.3 Å². The number of ether oxygens (including phenoxy) is 1. The topological polar surface area (TPSA) is 79.0 Å². The molecular formula is C23H33N3O4. The molecule has 0 spiro atoms. The van der Waals surface area contributed by atoms with Gasteiger partial charge in [0.2, 0.25) is 5.91 Å². The lowest BCUT2D eigenvalue weighted by Crippen LogP contribution is -2.57. The summed E-state index contributed by atoms with van der Waals surface area (Å²) in [5.41, 5.74) is 1.47. The molecule has 0 radical (unpaired) electrons. The highest BCUT2D eigenvalue weighted by atomic mass is 16.5. The molecule has 2 atom stereocenters. The van der Waals surface area contributed by atoms with Gasteiger partial charge in [-0.3, -0.25) is 14.4 Å². The summed E-state index contributed by atoms with van der Waals surface area (Å²) in [6.07, 6.45) is 1.95. The first-order chi connectivity index (χ1) is 14.4. The van der Waals surface area contributed by atoms with E-state index in [1.807, 2.05) is 39.0 Å². The normalized spacial score (nSPS) is 20.3. The van der Waals surface area contributed by atoms with E-state index in [1.54, 1.807) is 15.9 Å². The highest BCUT2D eigenvalue weighted by Gasteiger charge is 2.33.